The summed E-state index contributed by atoms with van der Waals surface area (Å²) in [5, 5.41) is 11.6. The summed E-state index contributed by atoms with van der Waals surface area (Å²) in [5.41, 5.74) is -4.29. The van der Waals surface area contributed by atoms with Crippen molar-refractivity contribution in [2.75, 3.05) is 12.4 Å². The molecule has 0 aromatic heterocycles. The molecule has 2 aromatic carbocycles. The minimum Gasteiger partial charge on any atom is -0.497 e. The Balaban J connectivity index is 2.13. The van der Waals surface area contributed by atoms with E-state index in [0.29, 0.717) is 11.3 Å². The molecule has 5 nitrogen and oxygen atoms in total. The van der Waals surface area contributed by atoms with Crippen molar-refractivity contribution in [1.29, 1.82) is 5.26 Å². The quantitative estimate of drug-likeness (QED) is 0.617. The number of ether oxygens (including phenoxy) is 1. The lowest BCUT2D eigenvalue weighted by Gasteiger charge is -2.08. The first-order valence-corrected chi connectivity index (χ1v) is 8.55. The number of methoxy groups -OCH3 is 1. The molecule has 0 radical (unpaired) electrons. The highest BCUT2D eigenvalue weighted by molar-refractivity contribution is 7.86. The van der Waals surface area contributed by atoms with Crippen LogP contribution < -0.4 is 10.1 Å². The Morgan fingerprint density at radius 2 is 1.74 bits per heavy atom. The van der Waals surface area contributed by atoms with Crippen LogP contribution in [0.25, 0.3) is 6.08 Å². The van der Waals surface area contributed by atoms with Crippen LogP contribution in [-0.2, 0) is 15.6 Å². The van der Waals surface area contributed by atoms with Gasteiger partial charge in [0.15, 0.2) is 10.8 Å². The van der Waals surface area contributed by atoms with Gasteiger partial charge in [-0.15, -0.1) is 0 Å². The van der Waals surface area contributed by atoms with Crippen LogP contribution in [0.3, 0.4) is 0 Å². The average Bonchev–Trinajstić information content (AvgIpc) is 2.65. The van der Waals surface area contributed by atoms with Gasteiger partial charge in [-0.3, -0.25) is 4.79 Å². The van der Waals surface area contributed by atoms with Gasteiger partial charge in [0, 0.05) is 10.6 Å². The van der Waals surface area contributed by atoms with Crippen LogP contribution in [0.4, 0.5) is 18.9 Å². The van der Waals surface area contributed by atoms with Crippen molar-refractivity contribution in [3.63, 3.8) is 0 Å². The molecular formula is C18H13F3N2O3S. The zero-order valence-corrected chi connectivity index (χ0v) is 14.7. The van der Waals surface area contributed by atoms with Gasteiger partial charge in [0.05, 0.1) is 7.11 Å². The number of hydrogen-bond donors (Lipinski definition) is 1. The maximum Gasteiger partial charge on any atom is 0.475 e. The number of alkyl halides is 3. The highest BCUT2D eigenvalue weighted by atomic mass is 32.2. The molecule has 2 aromatic rings. The summed E-state index contributed by atoms with van der Waals surface area (Å²) in [4.78, 5) is 11.7. The van der Waals surface area contributed by atoms with Crippen LogP contribution in [0, 0.1) is 11.3 Å². The lowest BCUT2D eigenvalue weighted by molar-refractivity contribution is -0.112. The first-order chi connectivity index (χ1) is 12.7. The molecule has 0 aliphatic carbocycles. The largest absolute Gasteiger partial charge is 0.497 e. The van der Waals surface area contributed by atoms with Crippen molar-refractivity contribution in [2.24, 2.45) is 0 Å². The standard InChI is InChI=1S/C18H13F3N2O3S/c1-26-15-6-2-12(3-7-15)10-13(11-22)17(24)23-14-4-8-16(9-5-14)27(25)18(19,20)21/h2-10H,1H3,(H,23,24)/b13-10+/t27-/m0/s1. The summed E-state index contributed by atoms with van der Waals surface area (Å²) in [7, 11) is -1.64. The van der Waals surface area contributed by atoms with Crippen LogP contribution in [0.5, 0.6) is 5.75 Å². The average molecular weight is 394 g/mol. The number of halogens is 3. The number of amides is 1. The Morgan fingerprint density at radius 1 is 1.15 bits per heavy atom. The van der Waals surface area contributed by atoms with E-state index in [1.165, 1.54) is 25.3 Å². The Kier molecular flexibility index (Phi) is 6.36. The highest BCUT2D eigenvalue weighted by Crippen LogP contribution is 2.27. The van der Waals surface area contributed by atoms with E-state index in [4.69, 9.17) is 4.74 Å². The summed E-state index contributed by atoms with van der Waals surface area (Å²) in [6.45, 7) is 0. The topological polar surface area (TPSA) is 79.2 Å². The van der Waals surface area contributed by atoms with E-state index in [9.17, 15) is 27.4 Å². The number of nitrogens with zero attached hydrogens (tertiary/aromatic N) is 1. The van der Waals surface area contributed by atoms with Gasteiger partial charge in [-0.1, -0.05) is 12.1 Å². The van der Waals surface area contributed by atoms with Gasteiger partial charge >= 0.3 is 5.51 Å². The smallest absolute Gasteiger partial charge is 0.475 e. The van der Waals surface area contributed by atoms with Crippen LogP contribution in [0.1, 0.15) is 5.56 Å². The van der Waals surface area contributed by atoms with E-state index in [0.717, 1.165) is 12.1 Å². The summed E-state index contributed by atoms with van der Waals surface area (Å²) >= 11 is 0. The van der Waals surface area contributed by atoms with Crippen LogP contribution in [0.2, 0.25) is 0 Å². The number of rotatable bonds is 5. The monoisotopic (exact) mass is 394 g/mol. The third-order valence-electron chi connectivity index (χ3n) is 3.33. The molecule has 0 spiro atoms. The number of hydrogen-bond acceptors (Lipinski definition) is 4. The molecule has 0 fully saturated rings. The summed E-state index contributed by atoms with van der Waals surface area (Å²) in [6.07, 6.45) is 1.36. The van der Waals surface area contributed by atoms with Crippen LogP contribution in [0.15, 0.2) is 59.0 Å². The molecule has 0 saturated carbocycles. The van der Waals surface area contributed by atoms with E-state index in [2.05, 4.69) is 5.32 Å². The Bertz CT molecular complexity index is 915. The van der Waals surface area contributed by atoms with Gasteiger partial charge in [0.2, 0.25) is 0 Å². The van der Waals surface area contributed by atoms with Crippen LogP contribution in [-0.4, -0.2) is 22.7 Å². The van der Waals surface area contributed by atoms with Gasteiger partial charge < -0.3 is 10.1 Å². The molecule has 0 unspecified atom stereocenters. The second-order valence-corrected chi connectivity index (χ2v) is 6.61. The highest BCUT2D eigenvalue weighted by Gasteiger charge is 2.37. The number of benzene rings is 2. The predicted molar refractivity (Wildman–Crippen MR) is 94.1 cm³/mol. The molecule has 1 N–H and O–H groups in total. The van der Waals surface area contributed by atoms with Gasteiger partial charge in [-0.25, -0.2) is 4.21 Å². The SMILES string of the molecule is COc1ccc(/C=C(\C#N)C(=O)Nc2ccc([S@](=O)C(F)(F)F)cc2)cc1. The summed E-state index contributed by atoms with van der Waals surface area (Å²) in [6, 6.07) is 12.8. The van der Waals surface area contributed by atoms with Crippen molar-refractivity contribution in [3.05, 3.63) is 59.7 Å². The fourth-order valence-corrected chi connectivity index (χ4v) is 2.66. The first-order valence-electron chi connectivity index (χ1n) is 7.40. The van der Waals surface area contributed by atoms with Crippen molar-refractivity contribution in [1.82, 2.24) is 0 Å². The van der Waals surface area contributed by atoms with Gasteiger partial charge in [-0.2, -0.15) is 18.4 Å². The number of carbonyl (C=O) groups is 1. The molecule has 140 valence electrons. The molecule has 1 atom stereocenters. The molecule has 0 bridgehead atoms. The maximum absolute atomic E-state index is 12.4. The molecule has 0 aliphatic heterocycles. The second-order valence-electron chi connectivity index (χ2n) is 5.14. The van der Waals surface area contributed by atoms with Gasteiger partial charge in [0.1, 0.15) is 17.4 Å². The van der Waals surface area contributed by atoms with E-state index < -0.39 is 27.1 Å². The van der Waals surface area contributed by atoms with E-state index in [1.54, 1.807) is 30.3 Å². The number of nitrogens with one attached hydrogen (secondary N) is 1. The minimum atomic E-state index is -4.86. The lowest BCUT2D eigenvalue weighted by Crippen LogP contribution is -2.16. The Hall–Kier alpha value is -3.12. The molecule has 0 saturated heterocycles. The predicted octanol–water partition coefficient (Wildman–Crippen LogP) is 3.87. The van der Waals surface area contributed by atoms with Gasteiger partial charge in [-0.05, 0) is 48.0 Å². The molecule has 2 rings (SSSR count). The zero-order chi connectivity index (χ0) is 20.0. The van der Waals surface area contributed by atoms with Crippen molar-refractivity contribution < 1.29 is 26.9 Å². The van der Waals surface area contributed by atoms with E-state index in [-0.39, 0.29) is 11.3 Å². The zero-order valence-electron chi connectivity index (χ0n) is 13.9. The summed E-state index contributed by atoms with van der Waals surface area (Å²) < 4.78 is 53.5. The van der Waals surface area contributed by atoms with Crippen molar-refractivity contribution in [3.8, 4) is 11.8 Å². The normalized spacial score (nSPS) is 12.8. The third kappa shape index (κ3) is 5.43. The van der Waals surface area contributed by atoms with Crippen molar-refractivity contribution in [2.45, 2.75) is 10.4 Å². The summed E-state index contributed by atoms with van der Waals surface area (Å²) in [5.74, 6) is -0.107. The molecule has 0 heterocycles. The second kappa shape index (κ2) is 8.51. The van der Waals surface area contributed by atoms with E-state index >= 15 is 0 Å². The third-order valence-corrected chi connectivity index (χ3v) is 4.45. The number of anilines is 1. The van der Waals surface area contributed by atoms with Crippen LogP contribution >= 0.6 is 0 Å². The molecule has 9 heteroatoms. The van der Waals surface area contributed by atoms with Gasteiger partial charge in [0.25, 0.3) is 5.91 Å². The molecule has 27 heavy (non-hydrogen) atoms. The lowest BCUT2D eigenvalue weighted by atomic mass is 10.1. The van der Waals surface area contributed by atoms with Crippen molar-refractivity contribution >= 4 is 28.5 Å². The molecular weight excluding hydrogens is 381 g/mol. The first kappa shape index (κ1) is 20.2. The van der Waals surface area contributed by atoms with E-state index in [1.807, 2.05) is 0 Å². The minimum absolute atomic E-state index is 0.166. The number of nitriles is 1. The fourth-order valence-electron chi connectivity index (χ4n) is 2.01. The molecule has 1 amide bonds. The number of carbonyl (C=O) groups excluding carboxylic acids is 1. The molecule has 0 aliphatic rings. The fraction of sp³-hybridized carbons (Fsp3) is 0.111. The maximum atomic E-state index is 12.4. The Labute approximate surface area is 155 Å². The Morgan fingerprint density at radius 3 is 2.22 bits per heavy atom.